The molecule has 0 saturated heterocycles. The highest BCUT2D eigenvalue weighted by molar-refractivity contribution is 5.89. The zero-order valence-electron chi connectivity index (χ0n) is 16.0. The molecule has 0 fully saturated rings. The first-order valence-corrected chi connectivity index (χ1v) is 9.86. The van der Waals surface area contributed by atoms with Gasteiger partial charge in [-0.15, -0.1) is 0 Å². The number of ether oxygens (including phenoxy) is 1. The Kier molecular flexibility index (Phi) is 12.0. The van der Waals surface area contributed by atoms with Gasteiger partial charge >= 0.3 is 11.9 Å². The van der Waals surface area contributed by atoms with E-state index in [1.807, 2.05) is 0 Å². The van der Waals surface area contributed by atoms with Gasteiger partial charge in [-0.2, -0.15) is 0 Å². The van der Waals surface area contributed by atoms with Crippen molar-refractivity contribution in [2.24, 2.45) is 0 Å². The first-order chi connectivity index (χ1) is 12.6. The highest BCUT2D eigenvalue weighted by Crippen LogP contribution is 2.12. The summed E-state index contributed by atoms with van der Waals surface area (Å²) in [6, 6.07) is 6.65. The molecule has 1 aromatic rings. The van der Waals surface area contributed by atoms with Crippen molar-refractivity contribution < 1.29 is 19.4 Å². The fourth-order valence-corrected chi connectivity index (χ4v) is 2.74. The Hall–Kier alpha value is -2.04. The molecule has 26 heavy (non-hydrogen) atoms. The molecule has 0 atom stereocenters. The summed E-state index contributed by atoms with van der Waals surface area (Å²) in [5.41, 5.74) is 1.15. The van der Waals surface area contributed by atoms with E-state index in [9.17, 15) is 9.59 Å². The van der Waals surface area contributed by atoms with Crippen molar-refractivity contribution in [1.82, 2.24) is 0 Å². The molecule has 2 N–H and O–H groups in total. The largest absolute Gasteiger partial charge is 0.480 e. The molecule has 0 aliphatic heterocycles. The lowest BCUT2D eigenvalue weighted by Crippen LogP contribution is -2.12. The van der Waals surface area contributed by atoms with E-state index in [1.165, 1.54) is 51.4 Å². The maximum Gasteiger partial charge on any atom is 0.338 e. The number of aliphatic carboxylic acids is 1. The molecule has 0 heterocycles. The number of hydrogen-bond acceptors (Lipinski definition) is 4. The number of esters is 1. The quantitative estimate of drug-likeness (QED) is 0.328. The number of anilines is 1. The van der Waals surface area contributed by atoms with Crippen molar-refractivity contribution in [2.75, 3.05) is 18.5 Å². The third-order valence-electron chi connectivity index (χ3n) is 4.30. The summed E-state index contributed by atoms with van der Waals surface area (Å²) in [7, 11) is 0. The molecule has 0 radical (unpaired) electrons. The van der Waals surface area contributed by atoms with Gasteiger partial charge in [-0.05, 0) is 30.7 Å². The van der Waals surface area contributed by atoms with Gasteiger partial charge in [0.05, 0.1) is 12.2 Å². The van der Waals surface area contributed by atoms with Gasteiger partial charge in [-0.3, -0.25) is 4.79 Å². The van der Waals surface area contributed by atoms with Gasteiger partial charge in [0.25, 0.3) is 0 Å². The number of unbranched alkanes of at least 4 members (excludes halogenated alkanes) is 9. The minimum atomic E-state index is -0.926. The Morgan fingerprint density at radius 3 is 1.96 bits per heavy atom. The molecule has 0 bridgehead atoms. The van der Waals surface area contributed by atoms with Crippen LogP contribution in [0.1, 0.15) is 81.5 Å². The molecule has 0 saturated carbocycles. The van der Waals surface area contributed by atoms with Crippen LogP contribution in [0.15, 0.2) is 24.3 Å². The van der Waals surface area contributed by atoms with Crippen molar-refractivity contribution in [1.29, 1.82) is 0 Å². The van der Waals surface area contributed by atoms with Gasteiger partial charge in [-0.25, -0.2) is 4.79 Å². The summed E-state index contributed by atoms with van der Waals surface area (Å²) in [5, 5.41) is 11.4. The van der Waals surface area contributed by atoms with Crippen LogP contribution in [0.4, 0.5) is 5.69 Å². The Balaban J connectivity index is 2.05. The maximum absolute atomic E-state index is 11.9. The monoisotopic (exact) mass is 363 g/mol. The van der Waals surface area contributed by atoms with E-state index in [-0.39, 0.29) is 12.5 Å². The number of carbonyl (C=O) groups excluding carboxylic acids is 1. The Morgan fingerprint density at radius 1 is 0.885 bits per heavy atom. The molecule has 5 heteroatoms. The van der Waals surface area contributed by atoms with E-state index in [4.69, 9.17) is 9.84 Å². The molecule has 0 amide bonds. The Labute approximate surface area is 157 Å². The normalized spacial score (nSPS) is 10.5. The molecular formula is C21H33NO4. The van der Waals surface area contributed by atoms with Gasteiger partial charge in [0.2, 0.25) is 0 Å². The summed E-state index contributed by atoms with van der Waals surface area (Å²) in [5.74, 6) is -1.25. The lowest BCUT2D eigenvalue weighted by molar-refractivity contribution is -0.134. The summed E-state index contributed by atoms with van der Waals surface area (Å²) >= 11 is 0. The van der Waals surface area contributed by atoms with E-state index in [2.05, 4.69) is 12.2 Å². The summed E-state index contributed by atoms with van der Waals surface area (Å²) in [6.45, 7) is 2.54. The topological polar surface area (TPSA) is 75.6 Å². The van der Waals surface area contributed by atoms with Crippen molar-refractivity contribution >= 4 is 17.6 Å². The maximum atomic E-state index is 11.9. The first-order valence-electron chi connectivity index (χ1n) is 9.86. The third kappa shape index (κ3) is 10.7. The molecule has 0 aliphatic rings. The van der Waals surface area contributed by atoms with Crippen LogP contribution < -0.4 is 5.32 Å². The van der Waals surface area contributed by atoms with Gasteiger partial charge in [0.1, 0.15) is 6.54 Å². The highest BCUT2D eigenvalue weighted by Gasteiger charge is 2.07. The second-order valence-corrected chi connectivity index (χ2v) is 6.64. The van der Waals surface area contributed by atoms with E-state index in [0.717, 1.165) is 12.8 Å². The SMILES string of the molecule is CCCCCCCCCCCCOC(=O)c1ccc(NCC(=O)O)cc1. The number of carboxylic acid groups (broad SMARTS) is 1. The molecule has 1 aromatic carbocycles. The number of hydrogen-bond donors (Lipinski definition) is 2. The van der Waals surface area contributed by atoms with E-state index < -0.39 is 5.97 Å². The molecule has 0 aliphatic carbocycles. The minimum Gasteiger partial charge on any atom is -0.480 e. The molecule has 0 aromatic heterocycles. The van der Waals surface area contributed by atoms with Crippen LogP contribution in [0.25, 0.3) is 0 Å². The van der Waals surface area contributed by atoms with Gasteiger partial charge in [-0.1, -0.05) is 64.7 Å². The van der Waals surface area contributed by atoms with Crippen LogP contribution in [-0.4, -0.2) is 30.2 Å². The number of rotatable bonds is 15. The van der Waals surface area contributed by atoms with Crippen LogP contribution >= 0.6 is 0 Å². The fraction of sp³-hybridized carbons (Fsp3) is 0.619. The van der Waals surface area contributed by atoms with E-state index in [1.54, 1.807) is 24.3 Å². The molecule has 146 valence electrons. The van der Waals surface area contributed by atoms with Crippen molar-refractivity contribution in [3.63, 3.8) is 0 Å². The average molecular weight is 363 g/mol. The second kappa shape index (κ2) is 14.2. The first kappa shape index (κ1) is 22.0. The average Bonchev–Trinajstić information content (AvgIpc) is 2.64. The Morgan fingerprint density at radius 2 is 1.42 bits per heavy atom. The zero-order chi connectivity index (χ0) is 19.0. The van der Waals surface area contributed by atoms with E-state index in [0.29, 0.717) is 17.9 Å². The van der Waals surface area contributed by atoms with Gasteiger partial charge in [0.15, 0.2) is 0 Å². The number of nitrogens with one attached hydrogen (secondary N) is 1. The predicted molar refractivity (Wildman–Crippen MR) is 105 cm³/mol. The fourth-order valence-electron chi connectivity index (χ4n) is 2.74. The standard InChI is InChI=1S/C21H33NO4/c1-2-3-4-5-6-7-8-9-10-11-16-26-21(25)18-12-14-19(15-13-18)22-17-20(23)24/h12-15,22H,2-11,16-17H2,1H3,(H,23,24). The third-order valence-corrected chi connectivity index (χ3v) is 4.30. The molecular weight excluding hydrogens is 330 g/mol. The van der Waals surface area contributed by atoms with Crippen LogP contribution in [0.3, 0.4) is 0 Å². The van der Waals surface area contributed by atoms with Crippen LogP contribution in [0.5, 0.6) is 0 Å². The summed E-state index contributed by atoms with van der Waals surface area (Å²) in [4.78, 5) is 22.4. The molecule has 0 unspecified atom stereocenters. The minimum absolute atomic E-state index is 0.150. The van der Waals surface area contributed by atoms with Gasteiger partial charge < -0.3 is 15.2 Å². The number of carbonyl (C=O) groups is 2. The Bertz CT molecular complexity index is 513. The summed E-state index contributed by atoms with van der Waals surface area (Å²) in [6.07, 6.45) is 12.5. The van der Waals surface area contributed by atoms with Crippen LogP contribution in [0, 0.1) is 0 Å². The summed E-state index contributed by atoms with van der Waals surface area (Å²) < 4.78 is 5.28. The van der Waals surface area contributed by atoms with E-state index >= 15 is 0 Å². The highest BCUT2D eigenvalue weighted by atomic mass is 16.5. The van der Waals surface area contributed by atoms with Crippen molar-refractivity contribution in [3.05, 3.63) is 29.8 Å². The smallest absolute Gasteiger partial charge is 0.338 e. The van der Waals surface area contributed by atoms with Crippen LogP contribution in [-0.2, 0) is 9.53 Å². The van der Waals surface area contributed by atoms with Crippen molar-refractivity contribution in [3.8, 4) is 0 Å². The zero-order valence-corrected chi connectivity index (χ0v) is 16.0. The van der Waals surface area contributed by atoms with Crippen LogP contribution in [0.2, 0.25) is 0 Å². The number of benzene rings is 1. The van der Waals surface area contributed by atoms with Crippen molar-refractivity contribution in [2.45, 2.75) is 71.1 Å². The van der Waals surface area contributed by atoms with Gasteiger partial charge in [0, 0.05) is 5.69 Å². The molecule has 1 rings (SSSR count). The molecule has 5 nitrogen and oxygen atoms in total. The lowest BCUT2D eigenvalue weighted by atomic mass is 10.1. The number of carboxylic acids is 1. The second-order valence-electron chi connectivity index (χ2n) is 6.64. The predicted octanol–water partition coefficient (Wildman–Crippen LogP) is 5.26. The molecule has 0 spiro atoms. The lowest BCUT2D eigenvalue weighted by Gasteiger charge is -2.07.